The highest BCUT2D eigenvalue weighted by atomic mass is 16.6. The minimum atomic E-state index is -0.931. The summed E-state index contributed by atoms with van der Waals surface area (Å²) in [7, 11) is 0. The fourth-order valence-corrected chi connectivity index (χ4v) is 0.712. The van der Waals surface area contributed by atoms with Crippen LogP contribution in [-0.2, 0) is 9.53 Å². The molecule has 2 atom stereocenters. The molecule has 14 heavy (non-hydrogen) atoms. The van der Waals surface area contributed by atoms with Crippen molar-refractivity contribution in [2.75, 3.05) is 0 Å². The zero-order valence-corrected chi connectivity index (χ0v) is 8.90. The van der Waals surface area contributed by atoms with E-state index in [0.29, 0.717) is 6.29 Å². The summed E-state index contributed by atoms with van der Waals surface area (Å²) >= 11 is 0. The van der Waals surface area contributed by atoms with Crippen LogP contribution in [0.5, 0.6) is 0 Å². The molecule has 0 aliphatic heterocycles. The van der Waals surface area contributed by atoms with Gasteiger partial charge in [-0.05, 0) is 27.7 Å². The van der Waals surface area contributed by atoms with Crippen LogP contribution in [0.1, 0.15) is 27.7 Å². The number of rotatable bonds is 3. The molecule has 5 heteroatoms. The van der Waals surface area contributed by atoms with Crippen LogP contribution < -0.4 is 5.32 Å². The first-order valence-corrected chi connectivity index (χ1v) is 4.39. The fraction of sp³-hybridized carbons (Fsp3) is 0.778. The molecule has 0 aromatic rings. The van der Waals surface area contributed by atoms with Gasteiger partial charge in [0.15, 0.2) is 0 Å². The van der Waals surface area contributed by atoms with Gasteiger partial charge in [0.05, 0.1) is 6.10 Å². The first-order valence-electron chi connectivity index (χ1n) is 4.39. The van der Waals surface area contributed by atoms with Crippen LogP contribution in [0.2, 0.25) is 0 Å². The Kier molecular flexibility index (Phi) is 4.56. The average Bonchev–Trinajstić information content (AvgIpc) is 1.96. The molecule has 0 spiro atoms. The van der Waals surface area contributed by atoms with Crippen molar-refractivity contribution in [2.45, 2.75) is 45.4 Å². The summed E-state index contributed by atoms with van der Waals surface area (Å²) < 4.78 is 4.90. The molecule has 1 amide bonds. The number of amides is 1. The van der Waals surface area contributed by atoms with E-state index in [-0.39, 0.29) is 0 Å². The molecular formula is C9H17NO4. The summed E-state index contributed by atoms with van der Waals surface area (Å²) in [6.07, 6.45) is -1.18. The lowest BCUT2D eigenvalue weighted by atomic mass is 10.2. The van der Waals surface area contributed by atoms with Crippen LogP contribution in [0.4, 0.5) is 4.79 Å². The fourth-order valence-electron chi connectivity index (χ4n) is 0.712. The maximum absolute atomic E-state index is 11.1. The molecular weight excluding hydrogens is 186 g/mol. The van der Waals surface area contributed by atoms with Gasteiger partial charge in [0, 0.05) is 0 Å². The van der Waals surface area contributed by atoms with Crippen molar-refractivity contribution in [3.63, 3.8) is 0 Å². The van der Waals surface area contributed by atoms with Crippen LogP contribution >= 0.6 is 0 Å². The van der Waals surface area contributed by atoms with Gasteiger partial charge < -0.3 is 20.0 Å². The number of aliphatic hydroxyl groups is 1. The van der Waals surface area contributed by atoms with Crippen molar-refractivity contribution in [1.82, 2.24) is 5.32 Å². The van der Waals surface area contributed by atoms with Crippen LogP contribution in [0.3, 0.4) is 0 Å². The molecule has 0 saturated carbocycles. The highest BCUT2D eigenvalue weighted by molar-refractivity contribution is 5.73. The molecule has 2 N–H and O–H groups in total. The van der Waals surface area contributed by atoms with Gasteiger partial charge in [0.1, 0.15) is 17.9 Å². The van der Waals surface area contributed by atoms with E-state index >= 15 is 0 Å². The Morgan fingerprint density at radius 1 is 1.50 bits per heavy atom. The Hall–Kier alpha value is -1.10. The Bertz CT molecular complexity index is 207. The van der Waals surface area contributed by atoms with E-state index < -0.39 is 23.8 Å². The van der Waals surface area contributed by atoms with Crippen molar-refractivity contribution >= 4 is 12.4 Å². The lowest BCUT2D eigenvalue weighted by Crippen LogP contribution is -2.45. The van der Waals surface area contributed by atoms with Crippen molar-refractivity contribution in [1.29, 1.82) is 0 Å². The van der Waals surface area contributed by atoms with E-state index in [4.69, 9.17) is 9.84 Å². The molecule has 5 nitrogen and oxygen atoms in total. The molecule has 0 fully saturated rings. The Balaban J connectivity index is 4.11. The maximum atomic E-state index is 11.1. The van der Waals surface area contributed by atoms with Gasteiger partial charge in [-0.3, -0.25) is 0 Å². The number of carbonyl (C=O) groups is 2. The Labute approximate surface area is 83.4 Å². The third-order valence-electron chi connectivity index (χ3n) is 1.35. The van der Waals surface area contributed by atoms with Crippen LogP contribution in [0.25, 0.3) is 0 Å². The number of aliphatic hydroxyl groups excluding tert-OH is 1. The van der Waals surface area contributed by atoms with E-state index in [1.165, 1.54) is 6.92 Å². The van der Waals surface area contributed by atoms with Gasteiger partial charge in [-0.2, -0.15) is 0 Å². The normalized spacial score (nSPS) is 15.5. The van der Waals surface area contributed by atoms with E-state index in [1.54, 1.807) is 20.8 Å². The van der Waals surface area contributed by atoms with Crippen molar-refractivity contribution in [2.24, 2.45) is 0 Å². The molecule has 0 rings (SSSR count). The van der Waals surface area contributed by atoms with Gasteiger partial charge in [-0.1, -0.05) is 0 Å². The summed E-state index contributed by atoms with van der Waals surface area (Å²) in [5.74, 6) is 0. The SMILES string of the molecule is C[C@@H](O)[C@@H](C=O)NC(=O)OC(C)(C)C. The standard InChI is InChI=1S/C9H17NO4/c1-6(12)7(5-11)10-8(13)14-9(2,3)4/h5-7,12H,1-4H3,(H,10,13)/t6-,7-/m1/s1. The largest absolute Gasteiger partial charge is 0.444 e. The molecule has 0 aliphatic carbocycles. The second-order valence-electron chi connectivity index (χ2n) is 4.05. The van der Waals surface area contributed by atoms with E-state index in [9.17, 15) is 9.59 Å². The molecule has 0 aromatic heterocycles. The van der Waals surface area contributed by atoms with E-state index in [1.807, 2.05) is 0 Å². The molecule has 0 saturated heterocycles. The predicted molar refractivity (Wildman–Crippen MR) is 50.9 cm³/mol. The molecule has 0 heterocycles. The number of alkyl carbamates (subject to hydrolysis) is 1. The maximum Gasteiger partial charge on any atom is 0.408 e. The zero-order valence-electron chi connectivity index (χ0n) is 8.90. The third-order valence-corrected chi connectivity index (χ3v) is 1.35. The number of hydrogen-bond acceptors (Lipinski definition) is 4. The van der Waals surface area contributed by atoms with Gasteiger partial charge in [0.25, 0.3) is 0 Å². The summed E-state index contributed by atoms with van der Waals surface area (Å²) in [5, 5.41) is 11.3. The molecule has 82 valence electrons. The summed E-state index contributed by atoms with van der Waals surface area (Å²) in [5.41, 5.74) is -0.615. The number of aldehydes is 1. The monoisotopic (exact) mass is 203 g/mol. The topological polar surface area (TPSA) is 75.6 Å². The third kappa shape index (κ3) is 5.53. The highest BCUT2D eigenvalue weighted by Crippen LogP contribution is 2.06. The van der Waals surface area contributed by atoms with Crippen LogP contribution in [-0.4, -0.2) is 35.2 Å². The van der Waals surface area contributed by atoms with Gasteiger partial charge >= 0.3 is 6.09 Å². The van der Waals surface area contributed by atoms with Gasteiger partial charge in [-0.15, -0.1) is 0 Å². The Morgan fingerprint density at radius 3 is 2.29 bits per heavy atom. The van der Waals surface area contributed by atoms with Gasteiger partial charge in [0.2, 0.25) is 0 Å². The minimum absolute atomic E-state index is 0.467. The molecule has 0 unspecified atom stereocenters. The smallest absolute Gasteiger partial charge is 0.408 e. The first kappa shape index (κ1) is 12.9. The molecule has 0 aliphatic rings. The quantitative estimate of drug-likeness (QED) is 0.653. The zero-order chi connectivity index (χ0) is 11.4. The average molecular weight is 203 g/mol. The predicted octanol–water partition coefficient (Wildman–Crippen LogP) is 0.459. The second kappa shape index (κ2) is 4.95. The lowest BCUT2D eigenvalue weighted by Gasteiger charge is -2.22. The van der Waals surface area contributed by atoms with Crippen molar-refractivity contribution in [3.8, 4) is 0 Å². The van der Waals surface area contributed by atoms with Crippen LogP contribution in [0.15, 0.2) is 0 Å². The number of nitrogens with one attached hydrogen (secondary N) is 1. The molecule has 0 bridgehead atoms. The lowest BCUT2D eigenvalue weighted by molar-refractivity contribution is -0.111. The first-order chi connectivity index (χ1) is 6.26. The molecule has 0 aromatic carbocycles. The number of hydrogen-bond donors (Lipinski definition) is 2. The minimum Gasteiger partial charge on any atom is -0.444 e. The summed E-state index contributed by atoms with van der Waals surface area (Å²) in [6.45, 7) is 6.55. The number of carbonyl (C=O) groups excluding carboxylic acids is 2. The summed E-state index contributed by atoms with van der Waals surface area (Å²) in [4.78, 5) is 21.5. The van der Waals surface area contributed by atoms with Crippen molar-refractivity contribution in [3.05, 3.63) is 0 Å². The van der Waals surface area contributed by atoms with E-state index in [0.717, 1.165) is 0 Å². The summed E-state index contributed by atoms with van der Waals surface area (Å²) in [6, 6.07) is -0.926. The highest BCUT2D eigenvalue weighted by Gasteiger charge is 2.21. The second-order valence-corrected chi connectivity index (χ2v) is 4.05. The molecule has 0 radical (unpaired) electrons. The Morgan fingerprint density at radius 2 is 2.00 bits per heavy atom. The van der Waals surface area contributed by atoms with Crippen LogP contribution in [0, 0.1) is 0 Å². The number of ether oxygens (including phenoxy) is 1. The van der Waals surface area contributed by atoms with Crippen molar-refractivity contribution < 1.29 is 19.4 Å². The van der Waals surface area contributed by atoms with E-state index in [2.05, 4.69) is 5.32 Å². The van der Waals surface area contributed by atoms with Gasteiger partial charge in [-0.25, -0.2) is 4.79 Å².